The average Bonchev–Trinajstić information content (AvgIpc) is 2.66. The molecule has 0 spiro atoms. The number of hydrogen-bond donors (Lipinski definition) is 2. The second-order valence-corrected chi connectivity index (χ2v) is 7.35. The van der Waals surface area contributed by atoms with Crippen LogP contribution in [0.25, 0.3) is 21.5 Å². The molecule has 0 heterocycles. The van der Waals surface area contributed by atoms with Gasteiger partial charge in [0, 0.05) is 16.2 Å². The van der Waals surface area contributed by atoms with E-state index in [1.807, 2.05) is 24.3 Å². The molecule has 0 atom stereocenters. The van der Waals surface area contributed by atoms with Crippen LogP contribution in [0.4, 0.5) is 11.4 Å². The van der Waals surface area contributed by atoms with Crippen LogP contribution < -0.4 is 29.6 Å². The Kier molecular flexibility index (Phi) is 5.83. The molecule has 4 aromatic rings. The molecule has 136 valence electrons. The Balaban J connectivity index is 0.00000150. The maximum Gasteiger partial charge on any atom is 1.00 e. The molecule has 4 rings (SSSR count). The van der Waals surface area contributed by atoms with Gasteiger partial charge >= 0.3 is 29.6 Å². The van der Waals surface area contributed by atoms with Gasteiger partial charge in [0.15, 0.2) is 0 Å². The van der Waals surface area contributed by atoms with Crippen LogP contribution >= 0.6 is 0 Å². The minimum atomic E-state index is -4.36. The third kappa shape index (κ3) is 3.80. The van der Waals surface area contributed by atoms with Gasteiger partial charge in [-0.15, -0.1) is 10.2 Å². The summed E-state index contributed by atoms with van der Waals surface area (Å²) in [5.41, 5.74) is 0.751. The van der Waals surface area contributed by atoms with Crippen molar-refractivity contribution in [3.05, 3.63) is 72.8 Å². The zero-order chi connectivity index (χ0) is 19.0. The number of rotatable bonds is 3. The molecule has 0 saturated heterocycles. The largest absolute Gasteiger partial charge is 1.00 e. The molecule has 6 nitrogen and oxygen atoms in total. The molecule has 28 heavy (non-hydrogen) atoms. The van der Waals surface area contributed by atoms with Gasteiger partial charge in [-0.25, -0.2) is 0 Å². The van der Waals surface area contributed by atoms with Crippen molar-refractivity contribution in [1.29, 1.82) is 0 Å². The van der Waals surface area contributed by atoms with Gasteiger partial charge in [0.1, 0.15) is 16.3 Å². The zero-order valence-electron chi connectivity index (χ0n) is 15.9. The van der Waals surface area contributed by atoms with Gasteiger partial charge in [-0.05, 0) is 23.6 Å². The molecule has 0 aliphatic rings. The third-order valence-electron chi connectivity index (χ3n) is 4.28. The first-order valence-corrected chi connectivity index (χ1v) is 9.51. The molecular formula is C20H15N2NaO4S. The van der Waals surface area contributed by atoms with Crippen molar-refractivity contribution in [2.75, 3.05) is 0 Å². The number of aromatic hydroxyl groups is 1. The van der Waals surface area contributed by atoms with Crippen molar-refractivity contribution in [2.24, 2.45) is 10.2 Å². The number of nitrogens with zero attached hydrogens (tertiary/aromatic N) is 2. The summed E-state index contributed by atoms with van der Waals surface area (Å²) in [6, 6.07) is 20.3. The fourth-order valence-corrected chi connectivity index (χ4v) is 3.72. The average molecular weight is 402 g/mol. The fraction of sp³-hybridized carbons (Fsp3) is 0. The second kappa shape index (κ2) is 7.98. The quantitative estimate of drug-likeness (QED) is 0.312. The predicted molar refractivity (Wildman–Crippen MR) is 105 cm³/mol. The van der Waals surface area contributed by atoms with Gasteiger partial charge in [0.25, 0.3) is 10.1 Å². The van der Waals surface area contributed by atoms with Crippen LogP contribution in [0.3, 0.4) is 0 Å². The van der Waals surface area contributed by atoms with Crippen molar-refractivity contribution in [3.8, 4) is 5.75 Å². The van der Waals surface area contributed by atoms with Gasteiger partial charge in [0.2, 0.25) is 0 Å². The van der Waals surface area contributed by atoms with E-state index in [1.54, 1.807) is 36.4 Å². The molecule has 4 aromatic carbocycles. The van der Waals surface area contributed by atoms with E-state index in [1.165, 1.54) is 12.1 Å². The van der Waals surface area contributed by atoms with Crippen molar-refractivity contribution in [2.45, 2.75) is 4.90 Å². The van der Waals surface area contributed by atoms with Crippen molar-refractivity contribution in [1.82, 2.24) is 0 Å². The van der Waals surface area contributed by atoms with Gasteiger partial charge in [-0.2, -0.15) is 8.42 Å². The number of phenolic OH excluding ortho intramolecular Hbond substituents is 1. The summed E-state index contributed by atoms with van der Waals surface area (Å²) in [4.78, 5) is -0.190. The van der Waals surface area contributed by atoms with E-state index in [2.05, 4.69) is 10.2 Å². The van der Waals surface area contributed by atoms with E-state index in [-0.39, 0.29) is 41.6 Å². The van der Waals surface area contributed by atoms with Crippen LogP contribution in [0.5, 0.6) is 5.75 Å². The minimum Gasteiger partial charge on any atom is -1.00 e. The van der Waals surface area contributed by atoms with Gasteiger partial charge in [-0.3, -0.25) is 4.55 Å². The van der Waals surface area contributed by atoms with Crippen LogP contribution in [0.1, 0.15) is 1.43 Å². The second-order valence-electron chi connectivity index (χ2n) is 5.96. The molecule has 0 aromatic heterocycles. The Morgan fingerprint density at radius 1 is 0.750 bits per heavy atom. The number of azo groups is 1. The molecule has 0 saturated carbocycles. The Labute approximate surface area is 185 Å². The van der Waals surface area contributed by atoms with E-state index in [0.717, 1.165) is 10.8 Å². The van der Waals surface area contributed by atoms with Gasteiger partial charge in [0.05, 0.1) is 5.69 Å². The molecule has 0 aliphatic carbocycles. The number of fused-ring (bicyclic) bond motifs is 2. The molecule has 0 aliphatic heterocycles. The SMILES string of the molecule is O=S(=O)(O)c1ccc(N=Nc2c(O)ccc3ccccc23)c2ccccc12.[H-].[Na+]. The topological polar surface area (TPSA) is 99.3 Å². The third-order valence-corrected chi connectivity index (χ3v) is 5.19. The van der Waals surface area contributed by atoms with Crippen molar-refractivity contribution < 1.29 is 49.1 Å². The van der Waals surface area contributed by atoms with E-state index >= 15 is 0 Å². The summed E-state index contributed by atoms with van der Waals surface area (Å²) in [5.74, 6) is -0.00342. The Hall–Kier alpha value is -2.29. The van der Waals surface area contributed by atoms with E-state index in [0.29, 0.717) is 22.1 Å². The van der Waals surface area contributed by atoms with E-state index < -0.39 is 10.1 Å². The summed E-state index contributed by atoms with van der Waals surface area (Å²) in [7, 11) is -4.36. The first-order chi connectivity index (χ1) is 12.9. The van der Waals surface area contributed by atoms with Gasteiger partial charge < -0.3 is 6.53 Å². The smallest absolute Gasteiger partial charge is 1.00 e. The maximum atomic E-state index is 11.6. The van der Waals surface area contributed by atoms with Gasteiger partial charge in [-0.1, -0.05) is 54.6 Å². The molecule has 0 amide bonds. The van der Waals surface area contributed by atoms with E-state index in [4.69, 9.17) is 0 Å². The maximum absolute atomic E-state index is 11.6. The zero-order valence-corrected chi connectivity index (χ0v) is 17.8. The predicted octanol–water partition coefficient (Wildman–Crippen LogP) is 2.48. The summed E-state index contributed by atoms with van der Waals surface area (Å²) >= 11 is 0. The molecule has 2 N–H and O–H groups in total. The summed E-state index contributed by atoms with van der Waals surface area (Å²) in [6.07, 6.45) is 0. The molecule has 8 heteroatoms. The van der Waals surface area contributed by atoms with Crippen LogP contribution in [0, 0.1) is 0 Å². The molecule has 0 fully saturated rings. The van der Waals surface area contributed by atoms with Crippen molar-refractivity contribution >= 4 is 43.0 Å². The molecule has 0 bridgehead atoms. The number of benzene rings is 4. The van der Waals surface area contributed by atoms with E-state index in [9.17, 15) is 18.1 Å². The molecule has 0 unspecified atom stereocenters. The van der Waals surface area contributed by atoms with Crippen LogP contribution in [0.2, 0.25) is 0 Å². The monoisotopic (exact) mass is 402 g/mol. The first kappa shape index (κ1) is 20.4. The van der Waals surface area contributed by atoms with Crippen LogP contribution in [0.15, 0.2) is 87.9 Å². The number of phenols is 1. The van der Waals surface area contributed by atoms with Crippen LogP contribution in [-0.4, -0.2) is 18.1 Å². The minimum absolute atomic E-state index is 0. The van der Waals surface area contributed by atoms with Crippen LogP contribution in [-0.2, 0) is 10.1 Å². The standard InChI is InChI=1S/C20H14N2O4S.Na.H/c23-18-11-9-13-5-1-2-6-14(13)20(18)22-21-17-10-12-19(27(24,25)26)16-8-4-3-7-15(16)17;;/h1-12,23H,(H,24,25,26);;/q;+1;-1. The Morgan fingerprint density at radius 2 is 1.39 bits per heavy atom. The summed E-state index contributed by atoms with van der Waals surface area (Å²) in [6.45, 7) is 0. The molecule has 0 radical (unpaired) electrons. The Bertz CT molecular complexity index is 1330. The summed E-state index contributed by atoms with van der Waals surface area (Å²) in [5, 5.41) is 21.2. The van der Waals surface area contributed by atoms with Crippen molar-refractivity contribution in [3.63, 3.8) is 0 Å². The fourth-order valence-electron chi connectivity index (χ4n) is 3.02. The normalized spacial score (nSPS) is 11.8. The Morgan fingerprint density at radius 3 is 2.11 bits per heavy atom. The number of hydrogen-bond acceptors (Lipinski definition) is 5. The summed E-state index contributed by atoms with van der Waals surface area (Å²) < 4.78 is 32.6. The molecular weight excluding hydrogens is 387 g/mol. The first-order valence-electron chi connectivity index (χ1n) is 8.07.